The number of carbonyl (C=O) groups is 2. The molecule has 0 fully saturated rings. The van der Waals surface area contributed by atoms with Crippen molar-refractivity contribution in [3.63, 3.8) is 0 Å². The number of benzene rings is 2. The molecule has 0 saturated carbocycles. The van der Waals surface area contributed by atoms with Crippen LogP contribution in [0.15, 0.2) is 59.5 Å². The van der Waals surface area contributed by atoms with E-state index < -0.39 is 0 Å². The Balaban J connectivity index is 1.38. The molecular formula is C25H28N4O2S. The Bertz CT molecular complexity index is 1130. The van der Waals surface area contributed by atoms with Crippen LogP contribution in [0, 0.1) is 13.8 Å². The van der Waals surface area contributed by atoms with Gasteiger partial charge in [0.2, 0.25) is 11.8 Å². The molecule has 0 unspecified atom stereocenters. The maximum atomic E-state index is 12.8. The molecule has 1 aromatic heterocycles. The van der Waals surface area contributed by atoms with Gasteiger partial charge in [-0.2, -0.15) is 5.10 Å². The van der Waals surface area contributed by atoms with Gasteiger partial charge in [0.1, 0.15) is 0 Å². The van der Waals surface area contributed by atoms with Gasteiger partial charge in [-0.3, -0.25) is 9.59 Å². The molecule has 2 heterocycles. The zero-order chi connectivity index (χ0) is 22.7. The smallest absolute Gasteiger partial charge is 0.227 e. The first-order valence-electron chi connectivity index (χ1n) is 10.8. The lowest BCUT2D eigenvalue weighted by Gasteiger charge is -2.29. The third-order valence-corrected chi connectivity index (χ3v) is 6.89. The topological polar surface area (TPSA) is 58.4 Å². The summed E-state index contributed by atoms with van der Waals surface area (Å²) in [6, 6.07) is 17.9. The minimum Gasteiger partial charge on any atom is -0.341 e. The third kappa shape index (κ3) is 4.58. The second kappa shape index (κ2) is 9.61. The second-order valence-electron chi connectivity index (χ2n) is 8.01. The lowest BCUT2D eigenvalue weighted by Crippen LogP contribution is -2.36. The van der Waals surface area contributed by atoms with Gasteiger partial charge in [0, 0.05) is 54.9 Å². The van der Waals surface area contributed by atoms with Crippen LogP contribution in [0.3, 0.4) is 0 Å². The maximum Gasteiger partial charge on any atom is 0.227 e. The Morgan fingerprint density at radius 2 is 1.75 bits per heavy atom. The van der Waals surface area contributed by atoms with Gasteiger partial charge in [0.05, 0.1) is 17.1 Å². The van der Waals surface area contributed by atoms with Crippen LogP contribution in [0.2, 0.25) is 0 Å². The monoisotopic (exact) mass is 448 g/mol. The molecule has 166 valence electrons. The number of hydrogen-bond acceptors (Lipinski definition) is 4. The van der Waals surface area contributed by atoms with E-state index in [1.54, 1.807) is 23.7 Å². The summed E-state index contributed by atoms with van der Waals surface area (Å²) < 4.78 is 1.92. The average molecular weight is 449 g/mol. The molecular weight excluding hydrogens is 420 g/mol. The van der Waals surface area contributed by atoms with Crippen LogP contribution in [0.25, 0.3) is 5.69 Å². The Morgan fingerprint density at radius 3 is 2.53 bits per heavy atom. The van der Waals surface area contributed by atoms with Crippen LogP contribution < -0.4 is 4.90 Å². The van der Waals surface area contributed by atoms with Crippen molar-refractivity contribution in [1.82, 2.24) is 14.7 Å². The van der Waals surface area contributed by atoms with Crippen LogP contribution in [0.4, 0.5) is 5.69 Å². The molecule has 0 aliphatic carbocycles. The van der Waals surface area contributed by atoms with E-state index in [0.717, 1.165) is 39.0 Å². The summed E-state index contributed by atoms with van der Waals surface area (Å²) in [7, 11) is 1.79. The fourth-order valence-electron chi connectivity index (χ4n) is 4.02. The SMILES string of the molecule is Cc1nn(-c2ccccc2)c(C)c1CN(C)C(=O)CCC(=O)N1CCSc2ccccc21. The average Bonchev–Trinajstić information content (AvgIpc) is 3.10. The van der Waals surface area contributed by atoms with Gasteiger partial charge in [0.15, 0.2) is 0 Å². The highest BCUT2D eigenvalue weighted by atomic mass is 32.2. The van der Waals surface area contributed by atoms with E-state index >= 15 is 0 Å². The zero-order valence-electron chi connectivity index (χ0n) is 18.7. The van der Waals surface area contributed by atoms with Gasteiger partial charge in [0.25, 0.3) is 0 Å². The molecule has 0 spiro atoms. The number of hydrogen-bond donors (Lipinski definition) is 0. The van der Waals surface area contributed by atoms with Crippen molar-refractivity contribution in [2.45, 2.75) is 38.1 Å². The van der Waals surface area contributed by atoms with E-state index in [9.17, 15) is 9.59 Å². The number of thioether (sulfide) groups is 1. The Hall–Kier alpha value is -3.06. The number of para-hydroxylation sites is 2. The van der Waals surface area contributed by atoms with Crippen LogP contribution in [0.1, 0.15) is 29.8 Å². The van der Waals surface area contributed by atoms with Crippen LogP contribution in [-0.4, -0.2) is 45.8 Å². The fraction of sp³-hybridized carbons (Fsp3) is 0.320. The number of amides is 2. The van der Waals surface area contributed by atoms with E-state index in [1.165, 1.54) is 0 Å². The van der Waals surface area contributed by atoms with Gasteiger partial charge in [-0.05, 0) is 38.1 Å². The number of anilines is 1. The van der Waals surface area contributed by atoms with Crippen molar-refractivity contribution in [1.29, 1.82) is 0 Å². The molecule has 2 amide bonds. The molecule has 0 N–H and O–H groups in total. The highest BCUT2D eigenvalue weighted by molar-refractivity contribution is 7.99. The minimum atomic E-state index is -0.0377. The standard InChI is InChI=1S/C25H28N4O2S/c1-18-21(19(2)29(26-18)20-9-5-4-6-10-20)17-27(3)24(30)13-14-25(31)28-15-16-32-23-12-8-7-11-22(23)28/h4-12H,13-17H2,1-3H3. The van der Waals surface area contributed by atoms with Gasteiger partial charge in [-0.25, -0.2) is 4.68 Å². The molecule has 0 bridgehead atoms. The van der Waals surface area contributed by atoms with E-state index in [0.29, 0.717) is 13.1 Å². The lowest BCUT2D eigenvalue weighted by atomic mass is 10.1. The molecule has 1 aliphatic heterocycles. The van der Waals surface area contributed by atoms with Crippen molar-refractivity contribution in [3.8, 4) is 5.69 Å². The number of carbonyl (C=O) groups excluding carboxylic acids is 2. The van der Waals surface area contributed by atoms with E-state index in [2.05, 4.69) is 5.10 Å². The van der Waals surface area contributed by atoms with Crippen LogP contribution in [-0.2, 0) is 16.1 Å². The lowest BCUT2D eigenvalue weighted by molar-refractivity contribution is -0.132. The third-order valence-electron chi connectivity index (χ3n) is 5.85. The van der Waals surface area contributed by atoms with Crippen LogP contribution >= 0.6 is 11.8 Å². The summed E-state index contributed by atoms with van der Waals surface area (Å²) in [6.07, 6.45) is 0.412. The summed E-state index contributed by atoms with van der Waals surface area (Å²) in [5.74, 6) is 0.841. The quantitative estimate of drug-likeness (QED) is 0.562. The molecule has 2 aromatic carbocycles. The Morgan fingerprint density at radius 1 is 1.03 bits per heavy atom. The second-order valence-corrected chi connectivity index (χ2v) is 9.14. The predicted molar refractivity (Wildman–Crippen MR) is 128 cm³/mol. The number of fused-ring (bicyclic) bond motifs is 1. The summed E-state index contributed by atoms with van der Waals surface area (Å²) in [4.78, 5) is 30.3. The van der Waals surface area contributed by atoms with Crippen molar-refractivity contribution in [2.75, 3.05) is 24.2 Å². The molecule has 3 aromatic rings. The van der Waals surface area contributed by atoms with Gasteiger partial charge < -0.3 is 9.80 Å². The van der Waals surface area contributed by atoms with E-state index in [1.807, 2.05) is 78.0 Å². The summed E-state index contributed by atoms with van der Waals surface area (Å²) in [5.41, 5.74) is 4.92. The minimum absolute atomic E-state index is 0.00348. The summed E-state index contributed by atoms with van der Waals surface area (Å²) in [6.45, 7) is 5.15. The first kappa shape index (κ1) is 22.1. The van der Waals surface area contributed by atoms with Crippen molar-refractivity contribution >= 4 is 29.3 Å². The fourth-order valence-corrected chi connectivity index (χ4v) is 5.01. The normalized spacial score (nSPS) is 13.0. The van der Waals surface area contributed by atoms with Crippen LogP contribution in [0.5, 0.6) is 0 Å². The van der Waals surface area contributed by atoms with Crippen molar-refractivity contribution in [2.24, 2.45) is 0 Å². The summed E-state index contributed by atoms with van der Waals surface area (Å²) >= 11 is 1.77. The molecule has 7 heteroatoms. The molecule has 4 rings (SSSR count). The van der Waals surface area contributed by atoms with E-state index in [-0.39, 0.29) is 24.7 Å². The largest absolute Gasteiger partial charge is 0.341 e. The highest BCUT2D eigenvalue weighted by Crippen LogP contribution is 2.34. The van der Waals surface area contributed by atoms with Gasteiger partial charge >= 0.3 is 0 Å². The molecule has 0 radical (unpaired) electrons. The van der Waals surface area contributed by atoms with Crippen molar-refractivity contribution in [3.05, 3.63) is 71.5 Å². The first-order valence-corrected chi connectivity index (χ1v) is 11.8. The molecule has 0 atom stereocenters. The molecule has 6 nitrogen and oxygen atoms in total. The Kier molecular flexibility index (Phi) is 6.65. The number of aryl methyl sites for hydroxylation is 1. The molecule has 0 saturated heterocycles. The zero-order valence-corrected chi connectivity index (χ0v) is 19.6. The Labute approximate surface area is 193 Å². The summed E-state index contributed by atoms with van der Waals surface area (Å²) in [5, 5.41) is 4.67. The molecule has 1 aliphatic rings. The first-order chi connectivity index (χ1) is 15.5. The maximum absolute atomic E-state index is 12.8. The van der Waals surface area contributed by atoms with Gasteiger partial charge in [-0.15, -0.1) is 11.8 Å². The predicted octanol–water partition coefficient (Wildman–Crippen LogP) is 4.37. The number of aromatic nitrogens is 2. The highest BCUT2D eigenvalue weighted by Gasteiger charge is 2.24. The number of rotatable bonds is 6. The molecule has 32 heavy (non-hydrogen) atoms. The van der Waals surface area contributed by atoms with E-state index in [4.69, 9.17) is 0 Å². The van der Waals surface area contributed by atoms with Crippen molar-refractivity contribution < 1.29 is 9.59 Å². The number of nitrogens with zero attached hydrogens (tertiary/aromatic N) is 4. The van der Waals surface area contributed by atoms with Gasteiger partial charge in [-0.1, -0.05) is 30.3 Å².